The van der Waals surface area contributed by atoms with Crippen molar-refractivity contribution < 1.29 is 4.74 Å². The summed E-state index contributed by atoms with van der Waals surface area (Å²) < 4.78 is 6.30. The van der Waals surface area contributed by atoms with E-state index < -0.39 is 0 Å². The zero-order valence-corrected chi connectivity index (χ0v) is 11.5. The fourth-order valence-corrected chi connectivity index (χ4v) is 3.29. The molecule has 0 amide bonds. The van der Waals surface area contributed by atoms with Gasteiger partial charge in [-0.25, -0.2) is 0 Å². The van der Waals surface area contributed by atoms with Gasteiger partial charge < -0.3 is 10.1 Å². The second-order valence-electron chi connectivity index (χ2n) is 4.06. The molecular formula is C11H16BrNOS. The van der Waals surface area contributed by atoms with Gasteiger partial charge in [-0.1, -0.05) is 0 Å². The van der Waals surface area contributed by atoms with E-state index in [0.29, 0.717) is 6.04 Å². The van der Waals surface area contributed by atoms with Crippen LogP contribution in [0.25, 0.3) is 0 Å². The number of halogens is 1. The Morgan fingerprint density at radius 2 is 2.40 bits per heavy atom. The highest BCUT2D eigenvalue weighted by atomic mass is 79.9. The SMILES string of the molecule is COc1sc(CNC(C)C2CC2)cc1Br. The molecule has 1 unspecified atom stereocenters. The minimum Gasteiger partial charge on any atom is -0.486 e. The van der Waals surface area contributed by atoms with Crippen LogP contribution in [0.15, 0.2) is 10.5 Å². The van der Waals surface area contributed by atoms with Crippen molar-refractivity contribution in [2.45, 2.75) is 32.4 Å². The Hall–Kier alpha value is -0.0600. The number of hydrogen-bond donors (Lipinski definition) is 1. The van der Waals surface area contributed by atoms with Crippen LogP contribution in [0, 0.1) is 5.92 Å². The summed E-state index contributed by atoms with van der Waals surface area (Å²) >= 11 is 5.19. The van der Waals surface area contributed by atoms with Crippen molar-refractivity contribution in [3.63, 3.8) is 0 Å². The smallest absolute Gasteiger partial charge is 0.188 e. The highest BCUT2D eigenvalue weighted by molar-refractivity contribution is 9.10. The average molecular weight is 290 g/mol. The van der Waals surface area contributed by atoms with E-state index >= 15 is 0 Å². The lowest BCUT2D eigenvalue weighted by molar-refractivity contribution is 0.425. The zero-order valence-electron chi connectivity index (χ0n) is 9.05. The molecule has 1 heterocycles. The quantitative estimate of drug-likeness (QED) is 0.897. The maximum Gasteiger partial charge on any atom is 0.188 e. The van der Waals surface area contributed by atoms with Crippen LogP contribution in [0.4, 0.5) is 0 Å². The predicted molar refractivity (Wildman–Crippen MR) is 67.6 cm³/mol. The molecule has 1 aliphatic rings. The lowest BCUT2D eigenvalue weighted by Gasteiger charge is -2.10. The molecule has 0 saturated heterocycles. The largest absolute Gasteiger partial charge is 0.486 e. The first-order chi connectivity index (χ1) is 7.20. The standard InChI is InChI=1S/C11H16BrNOS/c1-7(8-3-4-8)13-6-9-5-10(12)11(14-2)15-9/h5,7-8,13H,3-4,6H2,1-2H3. The molecule has 0 aliphatic heterocycles. The van der Waals surface area contributed by atoms with Crippen molar-refractivity contribution in [3.05, 3.63) is 15.4 Å². The van der Waals surface area contributed by atoms with E-state index in [-0.39, 0.29) is 0 Å². The molecule has 1 aliphatic carbocycles. The molecule has 15 heavy (non-hydrogen) atoms. The molecule has 1 aromatic rings. The molecule has 1 N–H and O–H groups in total. The molecule has 1 fully saturated rings. The Labute approximate surface area is 103 Å². The van der Waals surface area contributed by atoms with E-state index in [9.17, 15) is 0 Å². The van der Waals surface area contributed by atoms with Gasteiger partial charge in [0.15, 0.2) is 5.06 Å². The number of methoxy groups -OCH3 is 1. The van der Waals surface area contributed by atoms with Gasteiger partial charge in [-0.3, -0.25) is 0 Å². The third kappa shape index (κ3) is 2.95. The molecule has 0 aromatic carbocycles. The van der Waals surface area contributed by atoms with Crippen LogP contribution >= 0.6 is 27.3 Å². The van der Waals surface area contributed by atoms with E-state index in [1.807, 2.05) is 0 Å². The molecule has 84 valence electrons. The molecule has 1 atom stereocenters. The van der Waals surface area contributed by atoms with Crippen molar-refractivity contribution >= 4 is 27.3 Å². The third-order valence-corrected chi connectivity index (χ3v) is 4.77. The summed E-state index contributed by atoms with van der Waals surface area (Å²) in [6.07, 6.45) is 2.79. The Morgan fingerprint density at radius 1 is 1.67 bits per heavy atom. The fraction of sp³-hybridized carbons (Fsp3) is 0.636. The number of thiophene rings is 1. The summed E-state index contributed by atoms with van der Waals surface area (Å²) in [5, 5.41) is 4.52. The predicted octanol–water partition coefficient (Wildman–Crippen LogP) is 3.41. The van der Waals surface area contributed by atoms with Crippen molar-refractivity contribution in [1.82, 2.24) is 5.32 Å². The van der Waals surface area contributed by atoms with Crippen LogP contribution < -0.4 is 10.1 Å². The summed E-state index contributed by atoms with van der Waals surface area (Å²) in [4.78, 5) is 1.33. The Kier molecular flexibility index (Phi) is 3.69. The number of hydrogen-bond acceptors (Lipinski definition) is 3. The van der Waals surface area contributed by atoms with E-state index in [0.717, 1.165) is 22.0 Å². The van der Waals surface area contributed by atoms with Crippen molar-refractivity contribution in [2.75, 3.05) is 7.11 Å². The van der Waals surface area contributed by atoms with Gasteiger partial charge in [-0.15, -0.1) is 11.3 Å². The first kappa shape index (κ1) is 11.4. The van der Waals surface area contributed by atoms with Crippen LogP contribution in [0.1, 0.15) is 24.6 Å². The topological polar surface area (TPSA) is 21.3 Å². The lowest BCUT2D eigenvalue weighted by atomic mass is 10.2. The van der Waals surface area contributed by atoms with Gasteiger partial charge in [0.05, 0.1) is 11.6 Å². The molecule has 1 aromatic heterocycles. The monoisotopic (exact) mass is 289 g/mol. The Bertz CT molecular complexity index is 335. The molecule has 0 bridgehead atoms. The van der Waals surface area contributed by atoms with Crippen molar-refractivity contribution in [2.24, 2.45) is 5.92 Å². The average Bonchev–Trinajstić information content (AvgIpc) is 3.00. The fourth-order valence-electron chi connectivity index (χ4n) is 1.65. The maximum absolute atomic E-state index is 5.24. The van der Waals surface area contributed by atoms with Gasteiger partial charge >= 0.3 is 0 Å². The Balaban J connectivity index is 1.86. The minimum atomic E-state index is 0.650. The number of nitrogens with one attached hydrogen (secondary N) is 1. The first-order valence-corrected chi connectivity index (χ1v) is 6.87. The van der Waals surface area contributed by atoms with E-state index in [1.54, 1.807) is 18.4 Å². The highest BCUT2D eigenvalue weighted by Crippen LogP contribution is 2.35. The summed E-state index contributed by atoms with van der Waals surface area (Å²) in [5.74, 6) is 0.912. The minimum absolute atomic E-state index is 0.650. The van der Waals surface area contributed by atoms with Gasteiger partial charge in [0, 0.05) is 17.5 Å². The van der Waals surface area contributed by atoms with Gasteiger partial charge in [-0.2, -0.15) is 0 Å². The van der Waals surface area contributed by atoms with E-state index in [1.165, 1.54) is 17.7 Å². The van der Waals surface area contributed by atoms with E-state index in [4.69, 9.17) is 4.74 Å². The van der Waals surface area contributed by atoms with Gasteiger partial charge in [0.25, 0.3) is 0 Å². The molecule has 0 radical (unpaired) electrons. The van der Waals surface area contributed by atoms with E-state index in [2.05, 4.69) is 34.2 Å². The lowest BCUT2D eigenvalue weighted by Crippen LogP contribution is -2.26. The normalized spacial score (nSPS) is 17.8. The molecule has 0 spiro atoms. The third-order valence-electron chi connectivity index (χ3n) is 2.82. The molecular weight excluding hydrogens is 274 g/mol. The second-order valence-corrected chi connectivity index (χ2v) is 6.01. The molecule has 4 heteroatoms. The molecule has 2 nitrogen and oxygen atoms in total. The summed E-state index contributed by atoms with van der Waals surface area (Å²) in [6, 6.07) is 2.78. The first-order valence-electron chi connectivity index (χ1n) is 5.26. The summed E-state index contributed by atoms with van der Waals surface area (Å²) in [6.45, 7) is 3.22. The van der Waals surface area contributed by atoms with Crippen molar-refractivity contribution in [1.29, 1.82) is 0 Å². The van der Waals surface area contributed by atoms with Crippen LogP contribution in [-0.4, -0.2) is 13.2 Å². The number of ether oxygens (including phenoxy) is 1. The Morgan fingerprint density at radius 3 is 2.93 bits per heavy atom. The van der Waals surface area contributed by atoms with Crippen LogP contribution in [-0.2, 0) is 6.54 Å². The highest BCUT2D eigenvalue weighted by Gasteiger charge is 2.27. The van der Waals surface area contributed by atoms with Gasteiger partial charge in [0.2, 0.25) is 0 Å². The maximum atomic E-state index is 5.24. The van der Waals surface area contributed by atoms with Gasteiger partial charge in [-0.05, 0) is 47.7 Å². The summed E-state index contributed by atoms with van der Waals surface area (Å²) in [5.41, 5.74) is 0. The van der Waals surface area contributed by atoms with Gasteiger partial charge in [0.1, 0.15) is 0 Å². The second kappa shape index (κ2) is 4.85. The molecule has 2 rings (SSSR count). The summed E-state index contributed by atoms with van der Waals surface area (Å²) in [7, 11) is 1.71. The van der Waals surface area contributed by atoms with Crippen LogP contribution in [0.2, 0.25) is 0 Å². The zero-order chi connectivity index (χ0) is 10.8. The number of rotatable bonds is 5. The van der Waals surface area contributed by atoms with Crippen LogP contribution in [0.5, 0.6) is 5.06 Å². The molecule has 1 saturated carbocycles. The van der Waals surface area contributed by atoms with Crippen LogP contribution in [0.3, 0.4) is 0 Å². The van der Waals surface area contributed by atoms with Crippen molar-refractivity contribution in [3.8, 4) is 5.06 Å².